The number of thioether (sulfide) groups is 1. The standard InChI is InChI=1S/C16H26N2O2S/c1-11(2)18(12(3)4)10-9-17-13-7-6-8-14(21-5)15(13)16(19)20/h6-8,11-12,17H,9-10H2,1-5H3,(H,19,20). The van der Waals surface area contributed by atoms with Crippen LogP contribution in [-0.4, -0.2) is 47.4 Å². The van der Waals surface area contributed by atoms with Crippen molar-refractivity contribution >= 4 is 23.4 Å². The molecule has 0 fully saturated rings. The van der Waals surface area contributed by atoms with Gasteiger partial charge in [-0.2, -0.15) is 0 Å². The molecule has 118 valence electrons. The number of carbonyl (C=O) groups is 1. The number of carboxylic acids is 1. The Morgan fingerprint density at radius 3 is 2.38 bits per heavy atom. The molecule has 0 aliphatic heterocycles. The molecule has 0 radical (unpaired) electrons. The number of rotatable bonds is 8. The van der Waals surface area contributed by atoms with Crippen molar-refractivity contribution in [3.8, 4) is 0 Å². The van der Waals surface area contributed by atoms with E-state index in [0.29, 0.717) is 23.3 Å². The van der Waals surface area contributed by atoms with Crippen LogP contribution < -0.4 is 5.32 Å². The Labute approximate surface area is 131 Å². The molecule has 21 heavy (non-hydrogen) atoms. The van der Waals surface area contributed by atoms with E-state index in [1.807, 2.05) is 24.5 Å². The molecule has 0 amide bonds. The zero-order chi connectivity index (χ0) is 16.0. The number of benzene rings is 1. The van der Waals surface area contributed by atoms with Crippen LogP contribution in [0.5, 0.6) is 0 Å². The molecule has 2 N–H and O–H groups in total. The summed E-state index contributed by atoms with van der Waals surface area (Å²) in [5.74, 6) is -0.882. The van der Waals surface area contributed by atoms with E-state index in [-0.39, 0.29) is 0 Å². The number of nitrogens with one attached hydrogen (secondary N) is 1. The van der Waals surface area contributed by atoms with Crippen molar-refractivity contribution in [1.29, 1.82) is 0 Å². The van der Waals surface area contributed by atoms with Gasteiger partial charge in [0, 0.05) is 35.8 Å². The lowest BCUT2D eigenvalue weighted by Gasteiger charge is -2.30. The highest BCUT2D eigenvalue weighted by molar-refractivity contribution is 7.98. The van der Waals surface area contributed by atoms with Crippen LogP contribution in [0.15, 0.2) is 23.1 Å². The summed E-state index contributed by atoms with van der Waals surface area (Å²) in [6, 6.07) is 6.52. The Morgan fingerprint density at radius 1 is 1.29 bits per heavy atom. The van der Waals surface area contributed by atoms with E-state index in [9.17, 15) is 9.90 Å². The van der Waals surface area contributed by atoms with Crippen molar-refractivity contribution in [3.63, 3.8) is 0 Å². The van der Waals surface area contributed by atoms with Gasteiger partial charge in [0.25, 0.3) is 0 Å². The predicted molar refractivity (Wildman–Crippen MR) is 90.7 cm³/mol. The topological polar surface area (TPSA) is 52.6 Å². The van der Waals surface area contributed by atoms with Crippen LogP contribution in [0.1, 0.15) is 38.1 Å². The molecule has 0 spiro atoms. The fourth-order valence-electron chi connectivity index (χ4n) is 2.50. The smallest absolute Gasteiger partial charge is 0.338 e. The van der Waals surface area contributed by atoms with Crippen LogP contribution in [0.4, 0.5) is 5.69 Å². The van der Waals surface area contributed by atoms with Crippen LogP contribution in [0.25, 0.3) is 0 Å². The number of hydrogen-bond donors (Lipinski definition) is 2. The normalized spacial score (nSPS) is 11.4. The Morgan fingerprint density at radius 2 is 1.90 bits per heavy atom. The first-order chi connectivity index (χ1) is 9.88. The molecule has 0 saturated carbocycles. The Balaban J connectivity index is 2.78. The van der Waals surface area contributed by atoms with Gasteiger partial charge in [-0.25, -0.2) is 4.79 Å². The minimum atomic E-state index is -0.882. The summed E-state index contributed by atoms with van der Waals surface area (Å²) >= 11 is 1.46. The molecule has 0 atom stereocenters. The number of nitrogens with zero attached hydrogens (tertiary/aromatic N) is 1. The van der Waals surface area contributed by atoms with Gasteiger partial charge in [0.2, 0.25) is 0 Å². The molecular formula is C16H26N2O2S. The van der Waals surface area contributed by atoms with Gasteiger partial charge in [-0.15, -0.1) is 11.8 Å². The molecule has 0 saturated heterocycles. The van der Waals surface area contributed by atoms with Crippen LogP contribution in [-0.2, 0) is 0 Å². The average molecular weight is 310 g/mol. The fourth-order valence-corrected chi connectivity index (χ4v) is 3.12. The van der Waals surface area contributed by atoms with Crippen LogP contribution in [0, 0.1) is 0 Å². The molecule has 0 unspecified atom stereocenters. The van der Waals surface area contributed by atoms with Crippen molar-refractivity contribution < 1.29 is 9.90 Å². The van der Waals surface area contributed by atoms with Crippen LogP contribution >= 0.6 is 11.8 Å². The third-order valence-corrected chi connectivity index (χ3v) is 4.25. The molecule has 0 bridgehead atoms. The molecular weight excluding hydrogens is 284 g/mol. The number of anilines is 1. The predicted octanol–water partition coefficient (Wildman–Crippen LogP) is 3.64. The highest BCUT2D eigenvalue weighted by atomic mass is 32.2. The summed E-state index contributed by atoms with van der Waals surface area (Å²) in [4.78, 5) is 14.6. The van der Waals surface area contributed by atoms with Gasteiger partial charge in [-0.1, -0.05) is 6.07 Å². The average Bonchev–Trinajstić information content (AvgIpc) is 2.41. The minimum absolute atomic E-state index is 0.366. The van der Waals surface area contributed by atoms with Gasteiger partial charge in [-0.3, -0.25) is 4.90 Å². The Hall–Kier alpha value is -1.20. The molecule has 0 heterocycles. The summed E-state index contributed by atoms with van der Waals surface area (Å²) in [5.41, 5.74) is 1.06. The molecule has 0 aliphatic rings. The number of carboxylic acid groups (broad SMARTS) is 1. The van der Waals surface area contributed by atoms with Crippen LogP contribution in [0.3, 0.4) is 0 Å². The maximum absolute atomic E-state index is 11.5. The second-order valence-electron chi connectivity index (χ2n) is 5.54. The van der Waals surface area contributed by atoms with Crippen molar-refractivity contribution in [3.05, 3.63) is 23.8 Å². The zero-order valence-corrected chi connectivity index (χ0v) is 14.3. The minimum Gasteiger partial charge on any atom is -0.478 e. The highest BCUT2D eigenvalue weighted by Gasteiger charge is 2.16. The maximum atomic E-state index is 11.5. The van der Waals surface area contributed by atoms with Gasteiger partial charge in [0.05, 0.1) is 5.56 Å². The Kier molecular flexibility index (Phi) is 7.05. The van der Waals surface area contributed by atoms with E-state index in [1.165, 1.54) is 11.8 Å². The molecule has 1 aromatic carbocycles. The molecule has 5 heteroatoms. The maximum Gasteiger partial charge on any atom is 0.338 e. The first-order valence-electron chi connectivity index (χ1n) is 7.28. The number of hydrogen-bond acceptors (Lipinski definition) is 4. The van der Waals surface area contributed by atoms with E-state index >= 15 is 0 Å². The zero-order valence-electron chi connectivity index (χ0n) is 13.5. The second kappa shape index (κ2) is 8.29. The van der Waals surface area contributed by atoms with Crippen LogP contribution in [0.2, 0.25) is 0 Å². The second-order valence-corrected chi connectivity index (χ2v) is 6.39. The molecule has 4 nitrogen and oxygen atoms in total. The third-order valence-electron chi connectivity index (χ3n) is 3.47. The van der Waals surface area contributed by atoms with E-state index in [0.717, 1.165) is 18.0 Å². The highest BCUT2D eigenvalue weighted by Crippen LogP contribution is 2.27. The first kappa shape index (κ1) is 17.9. The molecule has 0 aliphatic carbocycles. The van der Waals surface area contributed by atoms with Gasteiger partial charge in [0.1, 0.15) is 0 Å². The van der Waals surface area contributed by atoms with Gasteiger partial charge in [-0.05, 0) is 46.1 Å². The van der Waals surface area contributed by atoms with Gasteiger partial charge >= 0.3 is 5.97 Å². The summed E-state index contributed by atoms with van der Waals surface area (Å²) in [6.45, 7) is 10.3. The lowest BCUT2D eigenvalue weighted by molar-refractivity contribution is 0.0694. The summed E-state index contributed by atoms with van der Waals surface area (Å²) in [5, 5.41) is 12.7. The SMILES string of the molecule is CSc1cccc(NCCN(C(C)C)C(C)C)c1C(=O)O. The third kappa shape index (κ3) is 4.93. The van der Waals surface area contributed by atoms with Crippen molar-refractivity contribution in [2.45, 2.75) is 44.7 Å². The van der Waals surface area contributed by atoms with E-state index in [4.69, 9.17) is 0 Å². The fraction of sp³-hybridized carbons (Fsp3) is 0.562. The summed E-state index contributed by atoms with van der Waals surface area (Å²) in [6.07, 6.45) is 1.89. The molecule has 0 aromatic heterocycles. The lowest BCUT2D eigenvalue weighted by atomic mass is 10.1. The van der Waals surface area contributed by atoms with Gasteiger partial charge in [0.15, 0.2) is 0 Å². The molecule has 1 rings (SSSR count). The summed E-state index contributed by atoms with van der Waals surface area (Å²) in [7, 11) is 0. The quantitative estimate of drug-likeness (QED) is 0.718. The Bertz CT molecular complexity index is 467. The van der Waals surface area contributed by atoms with E-state index in [1.54, 1.807) is 0 Å². The first-order valence-corrected chi connectivity index (χ1v) is 8.50. The number of aromatic carboxylic acids is 1. The van der Waals surface area contributed by atoms with Crippen molar-refractivity contribution in [1.82, 2.24) is 4.90 Å². The largest absolute Gasteiger partial charge is 0.478 e. The summed E-state index contributed by atoms with van der Waals surface area (Å²) < 4.78 is 0. The molecule has 1 aromatic rings. The van der Waals surface area contributed by atoms with Crippen molar-refractivity contribution in [2.24, 2.45) is 0 Å². The van der Waals surface area contributed by atoms with Crippen molar-refractivity contribution in [2.75, 3.05) is 24.7 Å². The monoisotopic (exact) mass is 310 g/mol. The lowest BCUT2D eigenvalue weighted by Crippen LogP contribution is -2.40. The van der Waals surface area contributed by atoms with E-state index < -0.39 is 5.97 Å². The van der Waals surface area contributed by atoms with E-state index in [2.05, 4.69) is 37.9 Å². The van der Waals surface area contributed by atoms with Gasteiger partial charge < -0.3 is 10.4 Å².